The Morgan fingerprint density at radius 1 is 1.75 bits per heavy atom. The van der Waals surface area contributed by atoms with E-state index in [1.54, 1.807) is 6.92 Å². The lowest BCUT2D eigenvalue weighted by Crippen LogP contribution is -2.04. The van der Waals surface area contributed by atoms with Gasteiger partial charge < -0.3 is 9.79 Å². The molecule has 0 aliphatic rings. The van der Waals surface area contributed by atoms with Crippen molar-refractivity contribution < 1.29 is 14.4 Å². The maximum absolute atomic E-state index is 10.3. The van der Waals surface area contributed by atoms with Crippen LogP contribution >= 0.6 is 7.60 Å². The van der Waals surface area contributed by atoms with E-state index in [1.807, 2.05) is 0 Å². The highest BCUT2D eigenvalue weighted by Crippen LogP contribution is 2.40. The summed E-state index contributed by atoms with van der Waals surface area (Å²) >= 11 is 0.586. The van der Waals surface area contributed by atoms with Crippen LogP contribution in [0.4, 0.5) is 0 Å². The third kappa shape index (κ3) is 2.86. The molecule has 0 aromatic rings. The van der Waals surface area contributed by atoms with Gasteiger partial charge in [0.1, 0.15) is 0 Å². The van der Waals surface area contributed by atoms with Gasteiger partial charge in [0, 0.05) is 4.52 Å². The molecule has 0 bridgehead atoms. The fraction of sp³-hybridized carbons (Fsp3) is 1.00. The molecule has 0 rings (SSSR count). The summed E-state index contributed by atoms with van der Waals surface area (Å²) in [5.41, 5.74) is 0. The molecule has 1 atom stereocenters. The van der Waals surface area contributed by atoms with Crippen LogP contribution in [-0.4, -0.2) is 30.6 Å². The van der Waals surface area contributed by atoms with E-state index in [0.29, 0.717) is 22.7 Å². The van der Waals surface area contributed by atoms with Crippen molar-refractivity contribution in [2.45, 2.75) is 17.9 Å². The summed E-state index contributed by atoms with van der Waals surface area (Å²) in [6.45, 7) is 1.79. The van der Waals surface area contributed by atoms with Gasteiger partial charge in [-0.1, -0.05) is 13.3 Å². The van der Waals surface area contributed by atoms with Crippen molar-refractivity contribution in [3.63, 3.8) is 0 Å². The van der Waals surface area contributed by atoms with E-state index < -0.39 is 7.60 Å². The third-order valence-electron chi connectivity index (χ3n) is 1.17. The van der Waals surface area contributed by atoms with Gasteiger partial charge in [-0.25, -0.2) is 0 Å². The lowest BCUT2D eigenvalue weighted by Gasteiger charge is -2.08. The predicted octanol–water partition coefficient (Wildman–Crippen LogP) is -0.467. The monoisotopic (exact) mass is 152 g/mol. The minimum atomic E-state index is -3.70. The Balaban J connectivity index is 3.82. The summed E-state index contributed by atoms with van der Waals surface area (Å²) in [4.78, 5) is 16.9. The first-order valence-electron chi connectivity index (χ1n) is 2.53. The molecule has 3 nitrogen and oxygen atoms in total. The first-order chi connectivity index (χ1) is 3.48. The topological polar surface area (TPSA) is 57.5 Å². The van der Waals surface area contributed by atoms with Crippen LogP contribution in [0.2, 0.25) is 0 Å². The Morgan fingerprint density at radius 3 is 2.12 bits per heavy atom. The summed E-state index contributed by atoms with van der Waals surface area (Å²) in [5, 5.41) is 0. The molecule has 0 fully saturated rings. The van der Waals surface area contributed by atoms with Crippen molar-refractivity contribution >= 4 is 23.9 Å². The standard InChI is InChI=1S/C3H8O3P.Al.2H/c1-2-3-7(4,5)6;;;/h3H,2H2,1H3,(H2,4,5,6);;;. The molecule has 0 heterocycles. The Kier molecular flexibility index (Phi) is 3.26. The van der Waals surface area contributed by atoms with E-state index in [4.69, 9.17) is 9.79 Å². The Bertz CT molecular complexity index is 109. The SMILES string of the molecule is CC[CH]([AlH2])P(=O)(O)O. The van der Waals surface area contributed by atoms with Crippen LogP contribution in [0.15, 0.2) is 0 Å². The van der Waals surface area contributed by atoms with Crippen molar-refractivity contribution in [2.24, 2.45) is 0 Å². The van der Waals surface area contributed by atoms with Gasteiger partial charge in [0.15, 0.2) is 0 Å². The van der Waals surface area contributed by atoms with Crippen molar-refractivity contribution in [1.29, 1.82) is 0 Å². The van der Waals surface area contributed by atoms with Crippen LogP contribution in [0.3, 0.4) is 0 Å². The van der Waals surface area contributed by atoms with E-state index in [0.717, 1.165) is 0 Å². The lowest BCUT2D eigenvalue weighted by atomic mass is 10.6. The minimum Gasteiger partial charge on any atom is -0.325 e. The third-order valence-corrected chi connectivity index (χ3v) is 5.51. The number of hydrogen-bond donors (Lipinski definition) is 2. The molecule has 0 aliphatic carbocycles. The highest BCUT2D eigenvalue weighted by atomic mass is 31.2. The quantitative estimate of drug-likeness (QED) is 0.415. The fourth-order valence-electron chi connectivity index (χ4n) is 0.238. The van der Waals surface area contributed by atoms with Crippen molar-refractivity contribution in [3.8, 4) is 0 Å². The molecule has 5 heteroatoms. The number of hydrogen-bond acceptors (Lipinski definition) is 1. The van der Waals surface area contributed by atoms with Crippen LogP contribution < -0.4 is 0 Å². The lowest BCUT2D eigenvalue weighted by molar-refractivity contribution is 0.368. The summed E-state index contributed by atoms with van der Waals surface area (Å²) in [7, 11) is -3.70. The fourth-order valence-corrected chi connectivity index (χ4v) is 0.714. The van der Waals surface area contributed by atoms with Crippen molar-refractivity contribution in [1.82, 2.24) is 0 Å². The van der Waals surface area contributed by atoms with Gasteiger partial charge in [0.2, 0.25) is 16.3 Å². The zero-order chi connectivity index (χ0) is 6.78. The van der Waals surface area contributed by atoms with E-state index in [1.165, 1.54) is 0 Å². The Hall–Kier alpha value is 0.682. The molecule has 0 aliphatic heterocycles. The molecule has 0 amide bonds. The highest BCUT2D eigenvalue weighted by molar-refractivity contribution is 7.54. The molecular weight excluding hydrogens is 142 g/mol. The first-order valence-corrected chi connectivity index (χ1v) is 5.37. The van der Waals surface area contributed by atoms with E-state index in [9.17, 15) is 4.57 Å². The summed E-state index contributed by atoms with van der Waals surface area (Å²) in [6.07, 6.45) is 0.594. The maximum Gasteiger partial charge on any atom is 0.314 e. The van der Waals surface area contributed by atoms with E-state index in [-0.39, 0.29) is 4.52 Å². The second kappa shape index (κ2) is 3.01. The first kappa shape index (κ1) is 8.68. The number of rotatable bonds is 2. The average Bonchev–Trinajstić information content (AvgIpc) is 1.62. The Morgan fingerprint density at radius 2 is 2.12 bits per heavy atom. The van der Waals surface area contributed by atoms with E-state index in [2.05, 4.69) is 0 Å². The zero-order valence-corrected chi connectivity index (χ0v) is 7.93. The molecule has 0 aromatic carbocycles. The van der Waals surface area contributed by atoms with Gasteiger partial charge in [-0.3, -0.25) is 4.57 Å². The normalized spacial score (nSPS) is 15.9. The van der Waals surface area contributed by atoms with Crippen LogP contribution in [0.1, 0.15) is 13.3 Å². The molecule has 2 N–H and O–H groups in total. The molecule has 0 radical (unpaired) electrons. The van der Waals surface area contributed by atoms with Crippen LogP contribution in [0.5, 0.6) is 0 Å². The van der Waals surface area contributed by atoms with Gasteiger partial charge in [0.05, 0.1) is 0 Å². The summed E-state index contributed by atoms with van der Waals surface area (Å²) in [6, 6.07) is 0. The zero-order valence-electron chi connectivity index (χ0n) is 5.03. The molecule has 1 unspecified atom stereocenters. The molecule has 0 saturated heterocycles. The molecule has 48 valence electrons. The minimum absolute atomic E-state index is 0.345. The van der Waals surface area contributed by atoms with Crippen LogP contribution in [0, 0.1) is 0 Å². The maximum atomic E-state index is 10.3. The van der Waals surface area contributed by atoms with Gasteiger partial charge in [0.25, 0.3) is 0 Å². The molecule has 0 aromatic heterocycles. The van der Waals surface area contributed by atoms with Gasteiger partial charge in [-0.15, -0.1) is 0 Å². The average molecular weight is 152 g/mol. The predicted molar refractivity (Wildman–Crippen MR) is 34.7 cm³/mol. The molecule has 0 spiro atoms. The van der Waals surface area contributed by atoms with Gasteiger partial charge >= 0.3 is 7.60 Å². The van der Waals surface area contributed by atoms with Crippen LogP contribution in [-0.2, 0) is 4.57 Å². The van der Waals surface area contributed by atoms with Crippen molar-refractivity contribution in [3.05, 3.63) is 0 Å². The molecular formula is C3H10AlO3P. The second-order valence-electron chi connectivity index (χ2n) is 1.85. The molecule has 0 saturated carbocycles. The second-order valence-corrected chi connectivity index (χ2v) is 6.27. The summed E-state index contributed by atoms with van der Waals surface area (Å²) < 4.78 is 9.95. The van der Waals surface area contributed by atoms with Crippen LogP contribution in [0.25, 0.3) is 0 Å². The van der Waals surface area contributed by atoms with Crippen molar-refractivity contribution in [2.75, 3.05) is 0 Å². The smallest absolute Gasteiger partial charge is 0.314 e. The highest BCUT2D eigenvalue weighted by Gasteiger charge is 2.20. The van der Waals surface area contributed by atoms with Gasteiger partial charge in [-0.05, 0) is 0 Å². The Labute approximate surface area is 56.7 Å². The summed E-state index contributed by atoms with van der Waals surface area (Å²) in [5.74, 6) is 0. The largest absolute Gasteiger partial charge is 0.325 e. The van der Waals surface area contributed by atoms with E-state index >= 15 is 0 Å². The van der Waals surface area contributed by atoms with Gasteiger partial charge in [-0.2, -0.15) is 0 Å². The molecule has 8 heavy (non-hydrogen) atoms.